The summed E-state index contributed by atoms with van der Waals surface area (Å²) in [6.45, 7) is 0. The molecule has 1 amide bonds. The summed E-state index contributed by atoms with van der Waals surface area (Å²) in [5, 5.41) is 5.06. The fourth-order valence-corrected chi connectivity index (χ4v) is 4.23. The number of nitrogens with zero attached hydrogens (tertiary/aromatic N) is 3. The average molecular weight is 449 g/mol. The summed E-state index contributed by atoms with van der Waals surface area (Å²) in [6.07, 6.45) is 2.62. The lowest BCUT2D eigenvalue weighted by atomic mass is 10.1. The molecule has 0 saturated heterocycles. The number of hydrogen-bond donors (Lipinski definition) is 0. The Morgan fingerprint density at radius 1 is 1.22 bits per heavy atom. The zero-order valence-corrected chi connectivity index (χ0v) is 16.9. The number of aromatic nitrogens is 2. The normalized spacial score (nSPS) is 12.9. The predicted molar refractivity (Wildman–Crippen MR) is 107 cm³/mol. The van der Waals surface area contributed by atoms with Gasteiger partial charge in [0.15, 0.2) is 5.69 Å². The number of hydrogen-bond acceptors (Lipinski definition) is 2. The molecule has 4 nitrogen and oxygen atoms in total. The number of amides is 1. The van der Waals surface area contributed by atoms with Crippen LogP contribution in [0.15, 0.2) is 46.9 Å². The molecule has 0 unspecified atom stereocenters. The number of carbonyl (C=O) groups excluding carboxylic acids is 1. The number of anilines is 1. The molecule has 0 radical (unpaired) electrons. The molecule has 0 atom stereocenters. The van der Waals surface area contributed by atoms with Crippen molar-refractivity contribution in [3.63, 3.8) is 0 Å². The maximum absolute atomic E-state index is 13.3. The van der Waals surface area contributed by atoms with E-state index in [1.807, 2.05) is 6.07 Å². The minimum absolute atomic E-state index is 0.210. The van der Waals surface area contributed by atoms with Gasteiger partial charge in [0.05, 0.1) is 16.4 Å². The largest absolute Gasteiger partial charge is 0.309 e. The van der Waals surface area contributed by atoms with Crippen LogP contribution in [-0.2, 0) is 12.8 Å². The topological polar surface area (TPSA) is 38.1 Å². The highest BCUT2D eigenvalue weighted by Gasteiger charge is 2.29. The summed E-state index contributed by atoms with van der Waals surface area (Å²) in [7, 11) is 1.69. The van der Waals surface area contributed by atoms with E-state index in [1.54, 1.807) is 36.0 Å². The van der Waals surface area contributed by atoms with Gasteiger partial charge in [0.25, 0.3) is 5.91 Å². The fraction of sp³-hybridized carbons (Fsp3) is 0.200. The molecule has 0 N–H and O–H groups in total. The molecular weight excluding hydrogens is 433 g/mol. The number of carbonyl (C=O) groups is 1. The van der Waals surface area contributed by atoms with E-state index in [0.29, 0.717) is 16.4 Å². The molecule has 0 aliphatic heterocycles. The van der Waals surface area contributed by atoms with Crippen LogP contribution in [0.3, 0.4) is 0 Å². The molecule has 2 aromatic carbocycles. The van der Waals surface area contributed by atoms with Crippen molar-refractivity contribution in [2.45, 2.75) is 19.3 Å². The number of rotatable bonds is 3. The van der Waals surface area contributed by atoms with E-state index < -0.39 is 0 Å². The summed E-state index contributed by atoms with van der Waals surface area (Å²) in [6, 6.07) is 11.5. The number of halogens is 3. The summed E-state index contributed by atoms with van der Waals surface area (Å²) in [5.74, 6) is -0.512. The second-order valence-corrected chi connectivity index (χ2v) is 7.80. The molecule has 0 spiro atoms. The highest BCUT2D eigenvalue weighted by molar-refractivity contribution is 9.10. The van der Waals surface area contributed by atoms with Crippen LogP contribution in [0.25, 0.3) is 5.69 Å². The van der Waals surface area contributed by atoms with Gasteiger partial charge < -0.3 is 4.90 Å². The van der Waals surface area contributed by atoms with Crippen molar-refractivity contribution >= 4 is 39.1 Å². The Morgan fingerprint density at radius 2 is 1.96 bits per heavy atom. The first-order valence-corrected chi connectivity index (χ1v) is 9.72. The predicted octanol–water partition coefficient (Wildman–Crippen LogP) is 5.19. The quantitative estimate of drug-likeness (QED) is 0.553. The first kappa shape index (κ1) is 18.2. The van der Waals surface area contributed by atoms with Crippen LogP contribution < -0.4 is 4.90 Å². The molecule has 4 rings (SSSR count). The van der Waals surface area contributed by atoms with E-state index in [1.165, 1.54) is 17.0 Å². The smallest absolute Gasteiger partial charge is 0.278 e. The minimum Gasteiger partial charge on any atom is -0.309 e. The third-order valence-corrected chi connectivity index (χ3v) is 5.58. The maximum atomic E-state index is 13.3. The van der Waals surface area contributed by atoms with E-state index in [-0.39, 0.29) is 11.7 Å². The van der Waals surface area contributed by atoms with Gasteiger partial charge in [-0.15, -0.1) is 0 Å². The molecule has 1 aromatic heterocycles. The Bertz CT molecular complexity index is 1030. The Kier molecular flexibility index (Phi) is 4.78. The van der Waals surface area contributed by atoms with Gasteiger partial charge in [-0.3, -0.25) is 4.79 Å². The first-order chi connectivity index (χ1) is 13.0. The molecule has 1 aliphatic rings. The minimum atomic E-state index is -0.302. The van der Waals surface area contributed by atoms with Crippen LogP contribution >= 0.6 is 27.5 Å². The van der Waals surface area contributed by atoms with Crippen molar-refractivity contribution in [2.24, 2.45) is 0 Å². The monoisotopic (exact) mass is 447 g/mol. The van der Waals surface area contributed by atoms with Gasteiger partial charge in [0.1, 0.15) is 5.82 Å². The summed E-state index contributed by atoms with van der Waals surface area (Å²) < 4.78 is 15.9. The van der Waals surface area contributed by atoms with E-state index in [0.717, 1.165) is 40.7 Å². The van der Waals surface area contributed by atoms with E-state index in [4.69, 9.17) is 11.6 Å². The third-order valence-electron chi connectivity index (χ3n) is 4.78. The van der Waals surface area contributed by atoms with E-state index >= 15 is 0 Å². The highest BCUT2D eigenvalue weighted by Crippen LogP contribution is 2.32. The van der Waals surface area contributed by atoms with Crippen molar-refractivity contribution in [3.05, 3.63) is 74.7 Å². The zero-order chi connectivity index (χ0) is 19.1. The lowest BCUT2D eigenvalue weighted by Gasteiger charge is -2.18. The lowest BCUT2D eigenvalue weighted by Crippen LogP contribution is -2.28. The van der Waals surface area contributed by atoms with Gasteiger partial charge in [-0.25, -0.2) is 9.07 Å². The van der Waals surface area contributed by atoms with Crippen LogP contribution in [-0.4, -0.2) is 22.7 Å². The van der Waals surface area contributed by atoms with Crippen LogP contribution in [0, 0.1) is 5.82 Å². The number of fused-ring (bicyclic) bond motifs is 1. The first-order valence-electron chi connectivity index (χ1n) is 8.55. The highest BCUT2D eigenvalue weighted by atomic mass is 79.9. The maximum Gasteiger partial charge on any atom is 0.278 e. The SMILES string of the molecule is CN(C(=O)c1nn(-c2ccc(F)cc2)c2c1CCC2)c1ccc(Br)cc1Cl. The third kappa shape index (κ3) is 3.28. The van der Waals surface area contributed by atoms with Crippen LogP contribution in [0.1, 0.15) is 28.2 Å². The summed E-state index contributed by atoms with van der Waals surface area (Å²) >= 11 is 9.68. The van der Waals surface area contributed by atoms with Crippen LogP contribution in [0.5, 0.6) is 0 Å². The number of benzene rings is 2. The van der Waals surface area contributed by atoms with Crippen molar-refractivity contribution in [3.8, 4) is 5.69 Å². The van der Waals surface area contributed by atoms with Gasteiger partial charge in [-0.1, -0.05) is 27.5 Å². The lowest BCUT2D eigenvalue weighted by molar-refractivity contribution is 0.0987. The van der Waals surface area contributed by atoms with Crippen LogP contribution in [0.2, 0.25) is 5.02 Å². The van der Waals surface area contributed by atoms with Crippen molar-refractivity contribution in [2.75, 3.05) is 11.9 Å². The molecule has 7 heteroatoms. The van der Waals surface area contributed by atoms with Crippen molar-refractivity contribution in [1.29, 1.82) is 0 Å². The second-order valence-electron chi connectivity index (χ2n) is 6.48. The second kappa shape index (κ2) is 7.09. The Hall–Kier alpha value is -2.18. The van der Waals surface area contributed by atoms with E-state index in [2.05, 4.69) is 21.0 Å². The van der Waals surface area contributed by atoms with Gasteiger partial charge in [0, 0.05) is 22.8 Å². The Balaban J connectivity index is 1.74. The molecule has 3 aromatic rings. The molecule has 0 bridgehead atoms. The van der Waals surface area contributed by atoms with E-state index in [9.17, 15) is 9.18 Å². The fourth-order valence-electron chi connectivity index (χ4n) is 3.43. The molecular formula is C20H16BrClFN3O. The van der Waals surface area contributed by atoms with Crippen LogP contribution in [0.4, 0.5) is 10.1 Å². The molecule has 27 heavy (non-hydrogen) atoms. The molecule has 1 aliphatic carbocycles. The van der Waals surface area contributed by atoms with Gasteiger partial charge in [0.2, 0.25) is 0 Å². The van der Waals surface area contributed by atoms with Crippen molar-refractivity contribution < 1.29 is 9.18 Å². The Labute approximate surface area is 169 Å². The molecule has 0 saturated carbocycles. The Morgan fingerprint density at radius 3 is 2.67 bits per heavy atom. The summed E-state index contributed by atoms with van der Waals surface area (Å²) in [4.78, 5) is 14.7. The molecule has 138 valence electrons. The van der Waals surface area contributed by atoms with Crippen molar-refractivity contribution in [1.82, 2.24) is 9.78 Å². The molecule has 1 heterocycles. The summed E-state index contributed by atoms with van der Waals surface area (Å²) in [5.41, 5.74) is 3.77. The average Bonchev–Trinajstić information content (AvgIpc) is 3.24. The standard InChI is InChI=1S/C20H16BrClFN3O/c1-25(18-10-5-12(21)11-16(18)22)20(27)19-15-3-2-4-17(15)26(24-19)14-8-6-13(23)7-9-14/h5-11H,2-4H2,1H3. The molecule has 0 fully saturated rings. The zero-order valence-electron chi connectivity index (χ0n) is 14.5. The van der Waals surface area contributed by atoms with Gasteiger partial charge in [-0.2, -0.15) is 5.10 Å². The van der Waals surface area contributed by atoms with Gasteiger partial charge in [-0.05, 0) is 61.7 Å². The van der Waals surface area contributed by atoms with Gasteiger partial charge >= 0.3 is 0 Å².